The number of aliphatic carboxylic acids is 1. The maximum atomic E-state index is 12.0. The van der Waals surface area contributed by atoms with Gasteiger partial charge in [-0.2, -0.15) is 0 Å². The second kappa shape index (κ2) is 11.6. The van der Waals surface area contributed by atoms with Crippen LogP contribution in [0.4, 0.5) is 0 Å². The molecule has 1 aliphatic carbocycles. The van der Waals surface area contributed by atoms with Crippen molar-refractivity contribution < 1.29 is 43.2 Å². The van der Waals surface area contributed by atoms with E-state index in [2.05, 4.69) is 0 Å². The zero-order chi connectivity index (χ0) is 21.2. The summed E-state index contributed by atoms with van der Waals surface area (Å²) in [6, 6.07) is 0. The summed E-state index contributed by atoms with van der Waals surface area (Å²) in [6.07, 6.45) is 3.09. The molecule has 0 aromatic carbocycles. The van der Waals surface area contributed by atoms with Crippen LogP contribution in [0.5, 0.6) is 0 Å². The number of hydrogen-bond donors (Lipinski definition) is 1. The Bertz CT molecular complexity index is 556. The fraction of sp³-hybridized carbons (Fsp3) is 0.789. The maximum absolute atomic E-state index is 12.0. The minimum absolute atomic E-state index is 0.0543. The zero-order valence-electron chi connectivity index (χ0n) is 16.7. The molecule has 9 nitrogen and oxygen atoms in total. The van der Waals surface area contributed by atoms with Crippen LogP contribution in [0.1, 0.15) is 52.9 Å². The number of ether oxygens (including phenoxy) is 4. The number of hydrogen-bond acceptors (Lipinski definition) is 8. The van der Waals surface area contributed by atoms with E-state index in [0.717, 1.165) is 12.8 Å². The number of carboxylic acids is 1. The van der Waals surface area contributed by atoms with Crippen LogP contribution in [0.2, 0.25) is 0 Å². The van der Waals surface area contributed by atoms with Gasteiger partial charge in [-0.15, -0.1) is 0 Å². The van der Waals surface area contributed by atoms with Crippen LogP contribution in [-0.2, 0) is 38.1 Å². The van der Waals surface area contributed by atoms with Crippen molar-refractivity contribution in [3.63, 3.8) is 0 Å². The summed E-state index contributed by atoms with van der Waals surface area (Å²) < 4.78 is 19.7. The molecule has 28 heavy (non-hydrogen) atoms. The highest BCUT2D eigenvalue weighted by Crippen LogP contribution is 2.31. The van der Waals surface area contributed by atoms with Crippen LogP contribution in [0.25, 0.3) is 0 Å². The van der Waals surface area contributed by atoms with Crippen molar-refractivity contribution in [2.75, 3.05) is 26.6 Å². The first kappa shape index (κ1) is 23.9. The number of carboxylic acid groups (broad SMARTS) is 1. The van der Waals surface area contributed by atoms with Gasteiger partial charge in [-0.3, -0.25) is 14.4 Å². The lowest BCUT2D eigenvalue weighted by Gasteiger charge is -2.26. The van der Waals surface area contributed by atoms with Crippen LogP contribution in [0.3, 0.4) is 0 Å². The first-order valence-corrected chi connectivity index (χ1v) is 9.49. The first-order chi connectivity index (χ1) is 13.2. The number of esters is 3. The van der Waals surface area contributed by atoms with Crippen molar-refractivity contribution >= 4 is 23.9 Å². The molecule has 0 aromatic rings. The molecule has 1 rings (SSSR count). The highest BCUT2D eigenvalue weighted by atomic mass is 16.7. The van der Waals surface area contributed by atoms with Gasteiger partial charge in [0, 0.05) is 0 Å². The van der Waals surface area contributed by atoms with Gasteiger partial charge in [-0.05, 0) is 33.1 Å². The summed E-state index contributed by atoms with van der Waals surface area (Å²) in [5.74, 6) is -4.13. The topological polar surface area (TPSA) is 125 Å². The van der Waals surface area contributed by atoms with E-state index in [1.807, 2.05) is 6.92 Å². The normalized spacial score (nSPS) is 19.5. The minimum Gasteiger partial charge on any atom is -0.481 e. The molecule has 2 atom stereocenters. The Labute approximate surface area is 164 Å². The molecule has 1 saturated carbocycles. The van der Waals surface area contributed by atoms with E-state index in [0.29, 0.717) is 19.3 Å². The van der Waals surface area contributed by atoms with Crippen molar-refractivity contribution in [1.82, 2.24) is 0 Å². The highest BCUT2D eigenvalue weighted by Gasteiger charge is 2.36. The van der Waals surface area contributed by atoms with Crippen molar-refractivity contribution in [3.8, 4) is 0 Å². The van der Waals surface area contributed by atoms with E-state index >= 15 is 0 Å². The van der Waals surface area contributed by atoms with Crippen LogP contribution in [-0.4, -0.2) is 55.6 Å². The molecule has 0 amide bonds. The molecule has 160 valence electrons. The quantitative estimate of drug-likeness (QED) is 0.239. The fourth-order valence-electron chi connectivity index (χ4n) is 2.71. The van der Waals surface area contributed by atoms with Gasteiger partial charge in [0.2, 0.25) is 0 Å². The predicted octanol–water partition coefficient (Wildman–Crippen LogP) is 1.92. The third-order valence-corrected chi connectivity index (χ3v) is 4.91. The molecule has 0 radical (unpaired) electrons. The van der Waals surface area contributed by atoms with Gasteiger partial charge in [0.05, 0.1) is 17.3 Å². The Kier molecular flexibility index (Phi) is 9.92. The van der Waals surface area contributed by atoms with Crippen molar-refractivity contribution in [3.05, 3.63) is 0 Å². The highest BCUT2D eigenvalue weighted by molar-refractivity contribution is 5.81. The molecule has 0 heterocycles. The molecule has 0 spiro atoms. The van der Waals surface area contributed by atoms with E-state index in [1.165, 1.54) is 0 Å². The lowest BCUT2D eigenvalue weighted by Crippen LogP contribution is -2.34. The standard InChI is InChI=1S/C19H30O9/c1-4-19(2,3)18(24)27-10-9-26-15(20)11-25-12-28-17(23)14-8-6-5-7-13(14)16(21)22/h13-14H,4-12H2,1-3H3,(H,21,22). The van der Waals surface area contributed by atoms with Gasteiger partial charge < -0.3 is 24.1 Å². The third-order valence-electron chi connectivity index (χ3n) is 4.91. The number of carbonyl (C=O) groups is 4. The summed E-state index contributed by atoms with van der Waals surface area (Å²) >= 11 is 0. The van der Waals surface area contributed by atoms with Gasteiger partial charge >= 0.3 is 23.9 Å². The van der Waals surface area contributed by atoms with Gasteiger partial charge in [-0.25, -0.2) is 4.79 Å². The maximum Gasteiger partial charge on any atom is 0.332 e. The second-order valence-electron chi connectivity index (χ2n) is 7.36. The van der Waals surface area contributed by atoms with Crippen LogP contribution >= 0.6 is 0 Å². The largest absolute Gasteiger partial charge is 0.481 e. The monoisotopic (exact) mass is 402 g/mol. The summed E-state index contributed by atoms with van der Waals surface area (Å²) in [5, 5.41) is 9.17. The molecule has 1 aliphatic rings. The summed E-state index contributed by atoms with van der Waals surface area (Å²) in [7, 11) is 0. The number of carbonyl (C=O) groups excluding carboxylic acids is 3. The second-order valence-corrected chi connectivity index (χ2v) is 7.36. The molecule has 0 bridgehead atoms. The average Bonchev–Trinajstić information content (AvgIpc) is 2.68. The van der Waals surface area contributed by atoms with Gasteiger partial charge in [0.15, 0.2) is 6.79 Å². The van der Waals surface area contributed by atoms with E-state index in [1.54, 1.807) is 13.8 Å². The Morgan fingerprint density at radius 1 is 0.964 bits per heavy atom. The first-order valence-electron chi connectivity index (χ1n) is 9.49. The van der Waals surface area contributed by atoms with Crippen molar-refractivity contribution in [1.29, 1.82) is 0 Å². The molecule has 0 saturated heterocycles. The average molecular weight is 402 g/mol. The Morgan fingerprint density at radius 2 is 1.57 bits per heavy atom. The van der Waals surface area contributed by atoms with Crippen LogP contribution in [0.15, 0.2) is 0 Å². The molecule has 2 unspecified atom stereocenters. The summed E-state index contributed by atoms with van der Waals surface area (Å²) in [6.45, 7) is 4.36. The van der Waals surface area contributed by atoms with Gasteiger partial charge in [0.25, 0.3) is 0 Å². The van der Waals surface area contributed by atoms with E-state index in [-0.39, 0.29) is 19.2 Å². The lowest BCUT2D eigenvalue weighted by molar-refractivity contribution is -0.174. The summed E-state index contributed by atoms with van der Waals surface area (Å²) in [4.78, 5) is 46.5. The predicted molar refractivity (Wildman–Crippen MR) is 96.0 cm³/mol. The SMILES string of the molecule is CCC(C)(C)C(=O)OCCOC(=O)COCOC(=O)C1CCCCC1C(=O)O. The minimum atomic E-state index is -1.01. The van der Waals surface area contributed by atoms with E-state index in [4.69, 9.17) is 24.1 Å². The Morgan fingerprint density at radius 3 is 2.18 bits per heavy atom. The van der Waals surface area contributed by atoms with Crippen molar-refractivity contribution in [2.45, 2.75) is 52.9 Å². The molecule has 0 aromatic heterocycles. The van der Waals surface area contributed by atoms with E-state index < -0.39 is 48.6 Å². The van der Waals surface area contributed by atoms with Gasteiger partial charge in [0.1, 0.15) is 19.8 Å². The van der Waals surface area contributed by atoms with Crippen molar-refractivity contribution in [2.24, 2.45) is 17.3 Å². The number of rotatable bonds is 11. The van der Waals surface area contributed by atoms with Crippen LogP contribution < -0.4 is 0 Å². The van der Waals surface area contributed by atoms with E-state index in [9.17, 15) is 19.2 Å². The van der Waals surface area contributed by atoms with Gasteiger partial charge in [-0.1, -0.05) is 19.8 Å². The third kappa shape index (κ3) is 7.84. The molecule has 0 aliphatic heterocycles. The molecule has 1 fully saturated rings. The molecular formula is C19H30O9. The smallest absolute Gasteiger partial charge is 0.332 e. The lowest BCUT2D eigenvalue weighted by atomic mass is 9.79. The zero-order valence-corrected chi connectivity index (χ0v) is 16.7. The molecular weight excluding hydrogens is 372 g/mol. The fourth-order valence-corrected chi connectivity index (χ4v) is 2.71. The van der Waals surface area contributed by atoms with Crippen LogP contribution in [0, 0.1) is 17.3 Å². The summed E-state index contributed by atoms with van der Waals surface area (Å²) in [5.41, 5.74) is -0.588. The Balaban J connectivity index is 2.17. The molecule has 9 heteroatoms. The Hall–Kier alpha value is -2.16. The molecule has 1 N–H and O–H groups in total.